The second-order valence-electron chi connectivity index (χ2n) is 7.70. The Kier molecular flexibility index (Phi) is 8.29. The molecule has 8 heteroatoms. The Morgan fingerprint density at radius 2 is 1.58 bits per heavy atom. The molecule has 0 aromatic heterocycles. The number of nitrogens with zero attached hydrogens (tertiary/aromatic N) is 1. The lowest BCUT2D eigenvalue weighted by atomic mass is 10.0. The zero-order valence-corrected chi connectivity index (χ0v) is 20.8. The molecule has 33 heavy (non-hydrogen) atoms. The first-order valence-corrected chi connectivity index (χ1v) is 12.9. The molecule has 0 saturated carbocycles. The summed E-state index contributed by atoms with van der Waals surface area (Å²) in [7, 11) is -3.96. The van der Waals surface area contributed by atoms with Gasteiger partial charge in [0.15, 0.2) is 0 Å². The molecule has 3 aromatic rings. The molecule has 2 atom stereocenters. The fraction of sp³-hybridized carbons (Fsp3) is 0.240. The lowest BCUT2D eigenvalue weighted by Crippen LogP contribution is -2.37. The van der Waals surface area contributed by atoms with Gasteiger partial charge in [0.25, 0.3) is 0 Å². The summed E-state index contributed by atoms with van der Waals surface area (Å²) in [5, 5.41) is 10.9. The van der Waals surface area contributed by atoms with E-state index in [1.165, 1.54) is 24.3 Å². The minimum atomic E-state index is -3.96. The van der Waals surface area contributed by atoms with Crippen LogP contribution in [-0.2, 0) is 14.9 Å². The van der Waals surface area contributed by atoms with Gasteiger partial charge in [-0.2, -0.15) is 8.42 Å². The molecule has 1 N–H and O–H groups in total. The van der Waals surface area contributed by atoms with Crippen molar-refractivity contribution in [3.8, 4) is 5.75 Å². The number of hydrogen-bond acceptors (Lipinski definition) is 5. The van der Waals surface area contributed by atoms with Crippen LogP contribution in [0.5, 0.6) is 5.75 Å². The van der Waals surface area contributed by atoms with Gasteiger partial charge in [0.2, 0.25) is 5.91 Å². The number of alkyl halides is 1. The molecule has 0 aliphatic heterocycles. The van der Waals surface area contributed by atoms with Crippen LogP contribution in [0.25, 0.3) is 0 Å². The Bertz CT molecular complexity index is 1170. The zero-order valence-electron chi connectivity index (χ0n) is 18.4. The van der Waals surface area contributed by atoms with E-state index < -0.39 is 16.2 Å². The number of benzene rings is 3. The molecule has 0 spiro atoms. The minimum absolute atomic E-state index is 0.0658. The molecule has 0 saturated heterocycles. The van der Waals surface area contributed by atoms with Crippen LogP contribution in [-0.4, -0.2) is 36.2 Å². The average molecular weight is 532 g/mol. The molecule has 0 radical (unpaired) electrons. The standard InChI is InChI=1S/C25H26BrNO5S/c1-18-8-14-23(15-9-18)33(30,31)32-22-12-10-21(11-13-22)24(28)17-27(25(29)16-26)19(2)20-6-4-3-5-7-20/h3-15,19,24,28H,16-17H2,1-2H3/t19-,24-/m0/s1. The van der Waals surface area contributed by atoms with Gasteiger partial charge >= 0.3 is 10.1 Å². The van der Waals surface area contributed by atoms with Crippen molar-refractivity contribution in [3.05, 3.63) is 95.6 Å². The first-order chi connectivity index (χ1) is 15.7. The summed E-state index contributed by atoms with van der Waals surface area (Å²) in [5.74, 6) is -0.00730. The SMILES string of the molecule is Cc1ccc(S(=O)(=O)Oc2ccc([C@@H](O)CN(C(=O)CBr)[C@@H](C)c3ccccc3)cc2)cc1. The molecule has 3 rings (SSSR count). The van der Waals surface area contributed by atoms with Gasteiger partial charge in [0.05, 0.1) is 24.0 Å². The highest BCUT2D eigenvalue weighted by Gasteiger charge is 2.24. The highest BCUT2D eigenvalue weighted by Crippen LogP contribution is 2.26. The van der Waals surface area contributed by atoms with E-state index in [2.05, 4.69) is 15.9 Å². The second kappa shape index (κ2) is 11.0. The summed E-state index contributed by atoms with van der Waals surface area (Å²) >= 11 is 3.22. The molecule has 3 aromatic carbocycles. The van der Waals surface area contributed by atoms with Crippen LogP contribution in [0, 0.1) is 6.92 Å². The van der Waals surface area contributed by atoms with Crippen molar-refractivity contribution in [3.63, 3.8) is 0 Å². The Hall–Kier alpha value is -2.68. The second-order valence-corrected chi connectivity index (χ2v) is 9.81. The van der Waals surface area contributed by atoms with Crippen molar-refractivity contribution in [1.82, 2.24) is 4.90 Å². The van der Waals surface area contributed by atoms with Crippen molar-refractivity contribution < 1.29 is 22.5 Å². The zero-order chi connectivity index (χ0) is 24.0. The summed E-state index contributed by atoms with van der Waals surface area (Å²) in [6.07, 6.45) is -0.957. The van der Waals surface area contributed by atoms with Crippen molar-refractivity contribution in [2.45, 2.75) is 30.9 Å². The number of amides is 1. The van der Waals surface area contributed by atoms with Crippen molar-refractivity contribution in [2.75, 3.05) is 11.9 Å². The van der Waals surface area contributed by atoms with Gasteiger partial charge in [-0.3, -0.25) is 4.79 Å². The van der Waals surface area contributed by atoms with Gasteiger partial charge in [-0.05, 0) is 49.2 Å². The maximum atomic E-state index is 12.5. The van der Waals surface area contributed by atoms with E-state index in [1.54, 1.807) is 29.2 Å². The molecule has 1 amide bonds. The quantitative estimate of drug-likeness (QED) is 0.317. The first-order valence-electron chi connectivity index (χ1n) is 10.4. The van der Waals surface area contributed by atoms with E-state index in [9.17, 15) is 18.3 Å². The third-order valence-electron chi connectivity index (χ3n) is 5.33. The summed E-state index contributed by atoms with van der Waals surface area (Å²) in [6.45, 7) is 3.87. The largest absolute Gasteiger partial charge is 0.387 e. The third-order valence-corrected chi connectivity index (χ3v) is 7.08. The molecular formula is C25H26BrNO5S. The topological polar surface area (TPSA) is 83.9 Å². The van der Waals surface area contributed by atoms with E-state index in [0.717, 1.165) is 11.1 Å². The van der Waals surface area contributed by atoms with E-state index in [-0.39, 0.29) is 34.5 Å². The normalized spacial score (nSPS) is 13.2. The highest BCUT2D eigenvalue weighted by molar-refractivity contribution is 9.09. The highest BCUT2D eigenvalue weighted by atomic mass is 79.9. The van der Waals surface area contributed by atoms with Gasteiger partial charge in [0.1, 0.15) is 10.6 Å². The minimum Gasteiger partial charge on any atom is -0.387 e. The molecule has 6 nitrogen and oxygen atoms in total. The van der Waals surface area contributed by atoms with Gasteiger partial charge in [-0.1, -0.05) is 76.1 Å². The van der Waals surface area contributed by atoms with Crippen molar-refractivity contribution in [1.29, 1.82) is 0 Å². The van der Waals surface area contributed by atoms with Crippen LogP contribution in [0.15, 0.2) is 83.8 Å². The van der Waals surface area contributed by atoms with Gasteiger partial charge in [-0.15, -0.1) is 0 Å². The molecule has 0 aliphatic rings. The molecule has 0 unspecified atom stereocenters. The molecular weight excluding hydrogens is 506 g/mol. The van der Waals surface area contributed by atoms with Gasteiger partial charge in [0, 0.05) is 0 Å². The number of carbonyl (C=O) groups excluding carboxylic acids is 1. The number of aliphatic hydroxyl groups is 1. The van der Waals surface area contributed by atoms with Gasteiger partial charge < -0.3 is 14.2 Å². The van der Waals surface area contributed by atoms with Crippen molar-refractivity contribution >= 4 is 32.0 Å². The number of aryl methyl sites for hydroxylation is 1. The van der Waals surface area contributed by atoms with Crippen LogP contribution in [0.3, 0.4) is 0 Å². The molecule has 0 aliphatic carbocycles. The predicted octanol–water partition coefficient (Wildman–Crippen LogP) is 4.78. The van der Waals surface area contributed by atoms with Crippen LogP contribution in [0.4, 0.5) is 0 Å². The fourth-order valence-corrected chi connectivity index (χ4v) is 4.63. The summed E-state index contributed by atoms with van der Waals surface area (Å²) in [4.78, 5) is 14.2. The Balaban J connectivity index is 1.72. The van der Waals surface area contributed by atoms with E-state index >= 15 is 0 Å². The summed E-state index contributed by atoms with van der Waals surface area (Å²) in [6, 6.07) is 21.9. The summed E-state index contributed by atoms with van der Waals surface area (Å²) in [5.41, 5.74) is 2.45. The van der Waals surface area contributed by atoms with E-state index in [0.29, 0.717) is 5.56 Å². The maximum absolute atomic E-state index is 12.5. The first kappa shape index (κ1) is 25.0. The average Bonchev–Trinajstić information content (AvgIpc) is 2.82. The third kappa shape index (κ3) is 6.43. The van der Waals surface area contributed by atoms with Crippen LogP contribution >= 0.6 is 15.9 Å². The lowest BCUT2D eigenvalue weighted by molar-refractivity contribution is -0.132. The van der Waals surface area contributed by atoms with Crippen LogP contribution < -0.4 is 4.18 Å². The monoisotopic (exact) mass is 531 g/mol. The predicted molar refractivity (Wildman–Crippen MR) is 131 cm³/mol. The van der Waals surface area contributed by atoms with E-state index in [1.807, 2.05) is 44.2 Å². The number of aliphatic hydroxyl groups excluding tert-OH is 1. The number of rotatable bonds is 9. The Labute approximate surface area is 203 Å². The Morgan fingerprint density at radius 1 is 0.970 bits per heavy atom. The van der Waals surface area contributed by atoms with Crippen LogP contribution in [0.2, 0.25) is 0 Å². The number of halogens is 1. The molecule has 0 bridgehead atoms. The van der Waals surface area contributed by atoms with Crippen molar-refractivity contribution in [2.24, 2.45) is 0 Å². The summed E-state index contributed by atoms with van der Waals surface area (Å²) < 4.78 is 30.2. The number of carbonyl (C=O) groups is 1. The van der Waals surface area contributed by atoms with Gasteiger partial charge in [-0.25, -0.2) is 0 Å². The molecule has 174 valence electrons. The van der Waals surface area contributed by atoms with E-state index in [4.69, 9.17) is 4.18 Å². The fourth-order valence-electron chi connectivity index (χ4n) is 3.38. The smallest absolute Gasteiger partial charge is 0.339 e. The van der Waals surface area contributed by atoms with Crippen LogP contribution in [0.1, 0.15) is 35.8 Å². The maximum Gasteiger partial charge on any atom is 0.339 e. The molecule has 0 heterocycles. The lowest BCUT2D eigenvalue weighted by Gasteiger charge is -2.31. The number of hydrogen-bond donors (Lipinski definition) is 1. The Morgan fingerprint density at radius 3 is 2.15 bits per heavy atom. The molecule has 0 fully saturated rings.